The molecule has 0 amide bonds. The van der Waals surface area contributed by atoms with Crippen molar-refractivity contribution in [1.82, 2.24) is 14.7 Å². The van der Waals surface area contributed by atoms with Crippen molar-refractivity contribution in [3.63, 3.8) is 0 Å². The Balaban J connectivity index is 1.65. The van der Waals surface area contributed by atoms with E-state index in [1.165, 1.54) is 25.0 Å². The van der Waals surface area contributed by atoms with E-state index in [1.54, 1.807) is 23.5 Å². The predicted octanol–water partition coefficient (Wildman–Crippen LogP) is 3.58. The SMILES string of the molecule is Fc1cccc(Oc2nc3sccn3c2CNC2CC2)c1. The van der Waals surface area contributed by atoms with Crippen LogP contribution in [0.1, 0.15) is 18.5 Å². The summed E-state index contributed by atoms with van der Waals surface area (Å²) >= 11 is 1.56. The molecule has 2 aromatic heterocycles. The van der Waals surface area contributed by atoms with Crippen molar-refractivity contribution in [2.75, 3.05) is 0 Å². The van der Waals surface area contributed by atoms with Gasteiger partial charge in [0.25, 0.3) is 0 Å². The molecule has 4 rings (SSSR count). The minimum Gasteiger partial charge on any atom is -0.437 e. The van der Waals surface area contributed by atoms with Crippen LogP contribution in [-0.4, -0.2) is 15.4 Å². The van der Waals surface area contributed by atoms with Gasteiger partial charge in [0.15, 0.2) is 4.96 Å². The molecule has 2 heterocycles. The van der Waals surface area contributed by atoms with E-state index >= 15 is 0 Å². The van der Waals surface area contributed by atoms with E-state index in [-0.39, 0.29) is 5.82 Å². The van der Waals surface area contributed by atoms with Crippen molar-refractivity contribution in [1.29, 1.82) is 0 Å². The minimum absolute atomic E-state index is 0.314. The predicted molar refractivity (Wildman–Crippen MR) is 79.4 cm³/mol. The van der Waals surface area contributed by atoms with Crippen LogP contribution in [0, 0.1) is 5.82 Å². The van der Waals surface area contributed by atoms with Crippen LogP contribution in [0.25, 0.3) is 4.96 Å². The van der Waals surface area contributed by atoms with Crippen LogP contribution < -0.4 is 10.1 Å². The third kappa shape index (κ3) is 2.64. The summed E-state index contributed by atoms with van der Waals surface area (Å²) in [6, 6.07) is 6.73. The highest BCUT2D eigenvalue weighted by atomic mass is 32.1. The van der Waals surface area contributed by atoms with E-state index in [9.17, 15) is 4.39 Å². The molecule has 0 bridgehead atoms. The number of aromatic nitrogens is 2. The Hall–Kier alpha value is -1.92. The number of nitrogens with zero attached hydrogens (tertiary/aromatic N) is 2. The van der Waals surface area contributed by atoms with E-state index in [1.807, 2.05) is 16.0 Å². The Morgan fingerprint density at radius 2 is 2.33 bits per heavy atom. The van der Waals surface area contributed by atoms with Crippen molar-refractivity contribution in [3.8, 4) is 11.6 Å². The third-order valence-corrected chi connectivity index (χ3v) is 4.23. The zero-order valence-corrected chi connectivity index (χ0v) is 12.1. The molecule has 0 unspecified atom stereocenters. The molecule has 0 aliphatic heterocycles. The van der Waals surface area contributed by atoms with Crippen LogP contribution in [-0.2, 0) is 6.54 Å². The van der Waals surface area contributed by atoms with Crippen molar-refractivity contribution in [2.45, 2.75) is 25.4 Å². The molecule has 6 heteroatoms. The number of imidazole rings is 1. The summed E-state index contributed by atoms with van der Waals surface area (Å²) in [5.74, 6) is 0.695. The van der Waals surface area contributed by atoms with Crippen LogP contribution in [0.2, 0.25) is 0 Å². The molecule has 0 spiro atoms. The van der Waals surface area contributed by atoms with Crippen LogP contribution >= 0.6 is 11.3 Å². The minimum atomic E-state index is -0.314. The lowest BCUT2D eigenvalue weighted by molar-refractivity contribution is 0.451. The highest BCUT2D eigenvalue weighted by Gasteiger charge is 2.23. The largest absolute Gasteiger partial charge is 0.437 e. The molecule has 1 aliphatic rings. The quantitative estimate of drug-likeness (QED) is 0.783. The van der Waals surface area contributed by atoms with Crippen LogP contribution in [0.4, 0.5) is 4.39 Å². The average Bonchev–Trinajstić information content (AvgIpc) is 3.08. The molecular weight excluding hydrogens is 289 g/mol. The van der Waals surface area contributed by atoms with Gasteiger partial charge in [0.05, 0.1) is 0 Å². The molecule has 1 aromatic carbocycles. The first kappa shape index (κ1) is 12.8. The number of fused-ring (bicyclic) bond motifs is 1. The maximum atomic E-state index is 13.3. The fourth-order valence-corrected chi connectivity index (χ4v) is 2.95. The first-order valence-electron chi connectivity index (χ1n) is 6.91. The topological polar surface area (TPSA) is 38.6 Å². The van der Waals surface area contributed by atoms with Crippen molar-refractivity contribution >= 4 is 16.3 Å². The second-order valence-corrected chi connectivity index (χ2v) is 6.01. The smallest absolute Gasteiger partial charge is 0.243 e. The summed E-state index contributed by atoms with van der Waals surface area (Å²) in [5, 5.41) is 5.46. The molecule has 0 saturated heterocycles. The van der Waals surface area contributed by atoms with Crippen molar-refractivity contribution in [2.24, 2.45) is 0 Å². The Labute approximate surface area is 125 Å². The van der Waals surface area contributed by atoms with Gasteiger partial charge in [-0.2, -0.15) is 4.98 Å². The van der Waals surface area contributed by atoms with Gasteiger partial charge in [0.2, 0.25) is 5.88 Å². The number of ether oxygens (including phenoxy) is 1. The Kier molecular flexibility index (Phi) is 3.12. The number of thiazole rings is 1. The normalized spacial score (nSPS) is 14.7. The standard InChI is InChI=1S/C15H14FN3OS/c16-10-2-1-3-12(8-10)20-14-13(9-17-11-4-5-11)19-6-7-21-15(19)18-14/h1-3,6-8,11,17H,4-5,9H2. The van der Waals surface area contributed by atoms with E-state index in [4.69, 9.17) is 4.74 Å². The fourth-order valence-electron chi connectivity index (χ4n) is 2.23. The first-order valence-corrected chi connectivity index (χ1v) is 7.79. The monoisotopic (exact) mass is 303 g/mol. The molecular formula is C15H14FN3OS. The Bertz CT molecular complexity index is 778. The third-order valence-electron chi connectivity index (χ3n) is 3.47. The Morgan fingerprint density at radius 1 is 1.43 bits per heavy atom. The van der Waals surface area contributed by atoms with Gasteiger partial charge in [-0.3, -0.25) is 4.40 Å². The fraction of sp³-hybridized carbons (Fsp3) is 0.267. The van der Waals surface area contributed by atoms with Crippen LogP contribution in [0.3, 0.4) is 0 Å². The molecule has 1 aliphatic carbocycles. The van der Waals surface area contributed by atoms with Gasteiger partial charge >= 0.3 is 0 Å². The van der Waals surface area contributed by atoms with Gasteiger partial charge in [0, 0.05) is 30.2 Å². The van der Waals surface area contributed by atoms with Gasteiger partial charge < -0.3 is 10.1 Å². The highest BCUT2D eigenvalue weighted by molar-refractivity contribution is 7.15. The van der Waals surface area contributed by atoms with Gasteiger partial charge in [-0.15, -0.1) is 11.3 Å². The summed E-state index contributed by atoms with van der Waals surface area (Å²) in [6.07, 6.45) is 4.44. The molecule has 4 nitrogen and oxygen atoms in total. The van der Waals surface area contributed by atoms with Gasteiger partial charge in [0.1, 0.15) is 17.3 Å². The highest BCUT2D eigenvalue weighted by Crippen LogP contribution is 2.29. The number of nitrogens with one attached hydrogen (secondary N) is 1. The molecule has 1 fully saturated rings. The zero-order chi connectivity index (χ0) is 14.2. The second-order valence-electron chi connectivity index (χ2n) is 5.13. The van der Waals surface area contributed by atoms with Crippen LogP contribution in [0.15, 0.2) is 35.8 Å². The van der Waals surface area contributed by atoms with E-state index in [0.29, 0.717) is 24.2 Å². The average molecular weight is 303 g/mol. The lowest BCUT2D eigenvalue weighted by Gasteiger charge is -2.07. The number of hydrogen-bond acceptors (Lipinski definition) is 4. The summed E-state index contributed by atoms with van der Waals surface area (Å²) in [6.45, 7) is 0.702. The summed E-state index contributed by atoms with van der Waals surface area (Å²) < 4.78 is 21.1. The second kappa shape index (κ2) is 5.13. The van der Waals surface area contributed by atoms with Crippen LogP contribution in [0.5, 0.6) is 11.6 Å². The molecule has 1 saturated carbocycles. The van der Waals surface area contributed by atoms with Gasteiger partial charge in [-0.25, -0.2) is 4.39 Å². The summed E-state index contributed by atoms with van der Waals surface area (Å²) in [7, 11) is 0. The lowest BCUT2D eigenvalue weighted by atomic mass is 10.3. The van der Waals surface area contributed by atoms with E-state index in [0.717, 1.165) is 10.7 Å². The number of hydrogen-bond donors (Lipinski definition) is 1. The first-order chi connectivity index (χ1) is 10.3. The zero-order valence-electron chi connectivity index (χ0n) is 11.3. The maximum absolute atomic E-state index is 13.3. The van der Waals surface area contributed by atoms with E-state index < -0.39 is 0 Å². The maximum Gasteiger partial charge on any atom is 0.243 e. The van der Waals surface area contributed by atoms with E-state index in [2.05, 4.69) is 10.3 Å². The van der Waals surface area contributed by atoms with Crippen molar-refractivity contribution in [3.05, 3.63) is 47.4 Å². The molecule has 0 atom stereocenters. The molecule has 21 heavy (non-hydrogen) atoms. The number of halogens is 1. The van der Waals surface area contributed by atoms with Gasteiger partial charge in [-0.1, -0.05) is 6.07 Å². The lowest BCUT2D eigenvalue weighted by Crippen LogP contribution is -2.16. The molecule has 0 radical (unpaired) electrons. The number of rotatable bonds is 5. The Morgan fingerprint density at radius 3 is 3.14 bits per heavy atom. The van der Waals surface area contributed by atoms with Crippen molar-refractivity contribution < 1.29 is 9.13 Å². The summed E-state index contributed by atoms with van der Waals surface area (Å²) in [4.78, 5) is 5.38. The molecule has 1 N–H and O–H groups in total. The summed E-state index contributed by atoms with van der Waals surface area (Å²) in [5.41, 5.74) is 0.974. The molecule has 108 valence electrons. The number of benzene rings is 1. The van der Waals surface area contributed by atoms with Gasteiger partial charge in [-0.05, 0) is 25.0 Å². The molecule has 3 aromatic rings.